The number of carboxylic acid groups (broad SMARTS) is 1. The predicted molar refractivity (Wildman–Crippen MR) is 184 cm³/mol. The Labute approximate surface area is 301 Å². The molecule has 2 bridgehead atoms. The zero-order valence-corrected chi connectivity index (χ0v) is 29.2. The summed E-state index contributed by atoms with van der Waals surface area (Å²) < 4.78 is 49.1. The smallest absolute Gasteiger partial charge is 0.336 e. The maximum Gasteiger partial charge on any atom is 0.336 e. The molecule has 3 aromatic rings. The Hall–Kier alpha value is -4.19. The lowest BCUT2D eigenvalue weighted by molar-refractivity contribution is -0.158. The van der Waals surface area contributed by atoms with Gasteiger partial charge in [-0.25, -0.2) is 18.0 Å². The highest BCUT2D eigenvalue weighted by Crippen LogP contribution is 2.52. The van der Waals surface area contributed by atoms with Crippen LogP contribution in [0.2, 0.25) is 0 Å². The Morgan fingerprint density at radius 2 is 1.67 bits per heavy atom. The summed E-state index contributed by atoms with van der Waals surface area (Å²) in [4.78, 5) is 43.8. The first-order valence-electron chi connectivity index (χ1n) is 18.6. The van der Waals surface area contributed by atoms with Crippen LogP contribution in [0.4, 0.5) is 13.2 Å². The van der Waals surface area contributed by atoms with Crippen molar-refractivity contribution in [2.45, 2.75) is 76.4 Å². The third kappa shape index (κ3) is 6.74. The molecule has 52 heavy (non-hydrogen) atoms. The van der Waals surface area contributed by atoms with Gasteiger partial charge in [0.15, 0.2) is 0 Å². The highest BCUT2D eigenvalue weighted by atomic mass is 19.3. The molecular formula is C40H45F3N4O5. The monoisotopic (exact) mass is 718 g/mol. The number of carbonyl (C=O) groups is 3. The van der Waals surface area contributed by atoms with Crippen LogP contribution in [0.25, 0.3) is 0 Å². The van der Waals surface area contributed by atoms with E-state index in [0.29, 0.717) is 55.3 Å². The average molecular weight is 719 g/mol. The summed E-state index contributed by atoms with van der Waals surface area (Å²) in [6.45, 7) is 2.65. The van der Waals surface area contributed by atoms with Gasteiger partial charge in [-0.15, -0.1) is 0 Å². The molecule has 0 radical (unpaired) electrons. The number of aromatic carboxylic acids is 1. The van der Waals surface area contributed by atoms with Crippen molar-refractivity contribution in [2.75, 3.05) is 32.8 Å². The number of alkyl halides is 2. The van der Waals surface area contributed by atoms with E-state index in [4.69, 9.17) is 4.74 Å². The number of likely N-dealkylation sites (tertiary alicyclic amines) is 2. The van der Waals surface area contributed by atoms with E-state index in [1.807, 2.05) is 9.80 Å². The minimum absolute atomic E-state index is 0.0304. The van der Waals surface area contributed by atoms with Crippen molar-refractivity contribution in [2.24, 2.45) is 29.1 Å². The first kappa shape index (κ1) is 34.9. The molecule has 6 aliphatic rings. The van der Waals surface area contributed by atoms with Crippen molar-refractivity contribution < 1.29 is 37.4 Å². The summed E-state index contributed by atoms with van der Waals surface area (Å²) >= 11 is 0. The van der Waals surface area contributed by atoms with Gasteiger partial charge in [0, 0.05) is 62.5 Å². The third-order valence-electron chi connectivity index (χ3n) is 12.7. The van der Waals surface area contributed by atoms with E-state index < -0.39 is 11.9 Å². The van der Waals surface area contributed by atoms with Crippen molar-refractivity contribution in [3.8, 4) is 0 Å². The number of amides is 2. The lowest BCUT2D eigenvalue weighted by atomic mass is 9.59. The lowest BCUT2D eigenvalue weighted by Gasteiger charge is -2.54. The molecule has 6 fully saturated rings. The van der Waals surface area contributed by atoms with Gasteiger partial charge in [0.05, 0.1) is 37.1 Å². The van der Waals surface area contributed by atoms with Crippen LogP contribution in [-0.4, -0.2) is 81.2 Å². The fourth-order valence-electron chi connectivity index (χ4n) is 9.73. The van der Waals surface area contributed by atoms with Crippen molar-refractivity contribution in [3.05, 3.63) is 88.5 Å². The zero-order valence-electron chi connectivity index (χ0n) is 29.2. The Balaban J connectivity index is 0.964. The van der Waals surface area contributed by atoms with Crippen molar-refractivity contribution >= 4 is 17.8 Å². The summed E-state index contributed by atoms with van der Waals surface area (Å²) in [6, 6.07) is 11.4. The molecule has 1 spiro atoms. The second kappa shape index (κ2) is 13.7. The van der Waals surface area contributed by atoms with Crippen LogP contribution in [0, 0.1) is 34.9 Å². The normalized spacial score (nSPS) is 26.2. The molecule has 1 N–H and O–H groups in total. The van der Waals surface area contributed by atoms with Gasteiger partial charge in [0.25, 0.3) is 5.91 Å². The molecule has 3 heterocycles. The standard InChI is InChI=1S/C40H45F3N4O5/c41-32-7-4-25(5-8-32)17-47-18-30(16-44-47)36(48)45-19-31(39(22-45)23-46(24-39)37(49)34-9-6-26-14-29(34)15-26)21-52-20-28-2-1-3-33(35(28)38(50)51)27-10-12-40(42,43)13-11-27/h1-5,7-8,16,18,26-27,29,31,34H,6,9-15,17,19-24H2,(H,50,51). The number of ether oxygens (including phenoxy) is 1. The lowest BCUT2D eigenvalue weighted by Crippen LogP contribution is -2.64. The van der Waals surface area contributed by atoms with Crippen molar-refractivity contribution in [1.82, 2.24) is 19.6 Å². The van der Waals surface area contributed by atoms with E-state index in [1.165, 1.54) is 12.1 Å². The van der Waals surface area contributed by atoms with Gasteiger partial charge in [0.2, 0.25) is 11.8 Å². The number of hydrogen-bond donors (Lipinski definition) is 1. The molecule has 2 aliphatic heterocycles. The largest absolute Gasteiger partial charge is 0.478 e. The van der Waals surface area contributed by atoms with Crippen LogP contribution in [0.3, 0.4) is 0 Å². The molecule has 2 saturated heterocycles. The third-order valence-corrected chi connectivity index (χ3v) is 12.7. The van der Waals surface area contributed by atoms with Crippen LogP contribution in [0.15, 0.2) is 54.9 Å². The maximum atomic E-state index is 13.9. The fraction of sp³-hybridized carbons (Fsp3) is 0.550. The number of halogens is 3. The van der Waals surface area contributed by atoms with Crippen LogP contribution in [0.5, 0.6) is 0 Å². The minimum atomic E-state index is -2.71. The first-order valence-corrected chi connectivity index (χ1v) is 18.6. The number of hydrogen-bond acceptors (Lipinski definition) is 5. The molecule has 2 unspecified atom stereocenters. The molecular weight excluding hydrogens is 673 g/mol. The van der Waals surface area contributed by atoms with Crippen molar-refractivity contribution in [3.63, 3.8) is 0 Å². The number of nitrogens with zero attached hydrogens (tertiary/aromatic N) is 4. The predicted octanol–water partition coefficient (Wildman–Crippen LogP) is 6.62. The minimum Gasteiger partial charge on any atom is -0.478 e. The number of benzene rings is 2. The Morgan fingerprint density at radius 1 is 0.942 bits per heavy atom. The number of carboxylic acids is 1. The highest BCUT2D eigenvalue weighted by Gasteiger charge is 2.58. The second-order valence-electron chi connectivity index (χ2n) is 16.1. The quantitative estimate of drug-likeness (QED) is 0.253. The van der Waals surface area contributed by atoms with E-state index in [-0.39, 0.29) is 85.3 Å². The van der Waals surface area contributed by atoms with E-state index in [0.717, 1.165) is 37.2 Å². The number of aromatic nitrogens is 2. The average Bonchev–Trinajstić information content (AvgIpc) is 3.73. The molecule has 4 saturated carbocycles. The van der Waals surface area contributed by atoms with Gasteiger partial charge in [-0.1, -0.05) is 30.3 Å². The SMILES string of the molecule is O=C(O)c1c(COCC2CN(C(=O)c3cnn(Cc4ccc(F)cc4)c3)CC23CN(C(=O)C2CCC4CC2C4)C3)cccc1C1CCC(F)(F)CC1. The van der Waals surface area contributed by atoms with Gasteiger partial charge in [-0.05, 0) is 85.1 Å². The molecule has 2 aromatic carbocycles. The van der Waals surface area contributed by atoms with Gasteiger partial charge < -0.3 is 19.6 Å². The van der Waals surface area contributed by atoms with Crippen LogP contribution >= 0.6 is 0 Å². The maximum absolute atomic E-state index is 13.9. The summed E-state index contributed by atoms with van der Waals surface area (Å²) in [7, 11) is 0. The van der Waals surface area contributed by atoms with Crippen molar-refractivity contribution in [1.29, 1.82) is 0 Å². The molecule has 9 rings (SSSR count). The van der Waals surface area contributed by atoms with Gasteiger partial charge in [-0.2, -0.15) is 5.10 Å². The molecule has 276 valence electrons. The number of fused-ring (bicyclic) bond motifs is 2. The van der Waals surface area contributed by atoms with Crippen LogP contribution in [-0.2, 0) is 22.7 Å². The molecule has 9 nitrogen and oxygen atoms in total. The topological polar surface area (TPSA) is 105 Å². The van der Waals surface area contributed by atoms with Gasteiger partial charge in [0.1, 0.15) is 5.82 Å². The fourth-order valence-corrected chi connectivity index (χ4v) is 9.73. The van der Waals surface area contributed by atoms with Gasteiger partial charge in [-0.3, -0.25) is 14.3 Å². The summed E-state index contributed by atoms with van der Waals surface area (Å²) in [5.41, 5.74) is 2.14. The Kier molecular flexibility index (Phi) is 9.16. The summed E-state index contributed by atoms with van der Waals surface area (Å²) in [6.07, 6.45) is 7.55. The van der Waals surface area contributed by atoms with Gasteiger partial charge >= 0.3 is 5.97 Å². The van der Waals surface area contributed by atoms with Crippen LogP contribution in [0.1, 0.15) is 94.7 Å². The molecule has 2 atom stereocenters. The number of rotatable bonds is 10. The Bertz CT molecular complexity index is 1820. The molecule has 1 aromatic heterocycles. The summed E-state index contributed by atoms with van der Waals surface area (Å²) in [5.74, 6) is -3.07. The van der Waals surface area contributed by atoms with E-state index in [1.54, 1.807) is 47.4 Å². The second-order valence-corrected chi connectivity index (χ2v) is 16.1. The molecule has 4 aliphatic carbocycles. The zero-order chi connectivity index (χ0) is 36.2. The van der Waals surface area contributed by atoms with E-state index >= 15 is 0 Å². The van der Waals surface area contributed by atoms with E-state index in [2.05, 4.69) is 5.10 Å². The first-order chi connectivity index (χ1) is 25.0. The highest BCUT2D eigenvalue weighted by molar-refractivity contribution is 5.94. The summed E-state index contributed by atoms with van der Waals surface area (Å²) in [5, 5.41) is 14.6. The van der Waals surface area contributed by atoms with E-state index in [9.17, 15) is 32.7 Å². The Morgan fingerprint density at radius 3 is 2.37 bits per heavy atom. The number of carbonyl (C=O) groups excluding carboxylic acids is 2. The molecule has 12 heteroatoms. The van der Waals surface area contributed by atoms with Crippen LogP contribution < -0.4 is 0 Å². The molecule has 2 amide bonds.